The molecule has 0 aliphatic rings. The molecule has 25 heavy (non-hydrogen) atoms. The van der Waals surface area contributed by atoms with Crippen molar-refractivity contribution in [3.05, 3.63) is 77.5 Å². The van der Waals surface area contributed by atoms with E-state index in [0.717, 1.165) is 17.7 Å². The third-order valence-corrected chi connectivity index (χ3v) is 3.33. The lowest BCUT2D eigenvalue weighted by molar-refractivity contribution is -0.137. The summed E-state index contributed by atoms with van der Waals surface area (Å²) in [7, 11) is 3.42. The van der Waals surface area contributed by atoms with Crippen molar-refractivity contribution in [1.29, 1.82) is 0 Å². The number of halogens is 3. The van der Waals surface area contributed by atoms with Gasteiger partial charge in [-0.15, -0.1) is 0 Å². The summed E-state index contributed by atoms with van der Waals surface area (Å²) in [6.07, 6.45) is -1.84. The molecular formula is C19H18F3NO2. The largest absolute Gasteiger partial charge is 0.488 e. The van der Waals surface area contributed by atoms with E-state index in [1.54, 1.807) is 19.0 Å². The topological polar surface area (TPSA) is 29.5 Å². The van der Waals surface area contributed by atoms with Crippen molar-refractivity contribution < 1.29 is 22.7 Å². The molecule has 0 heterocycles. The minimum atomic E-state index is -4.53. The number of carbonyl (C=O) groups is 1. The van der Waals surface area contributed by atoms with Crippen LogP contribution in [0.25, 0.3) is 0 Å². The summed E-state index contributed by atoms with van der Waals surface area (Å²) in [5, 5.41) is 0. The minimum Gasteiger partial charge on any atom is -0.488 e. The fourth-order valence-electron chi connectivity index (χ4n) is 2.07. The Morgan fingerprint density at radius 1 is 1.12 bits per heavy atom. The molecule has 6 heteroatoms. The van der Waals surface area contributed by atoms with E-state index in [1.165, 1.54) is 18.3 Å². The molecule has 2 aromatic rings. The molecule has 132 valence electrons. The second-order valence-corrected chi connectivity index (χ2v) is 5.63. The van der Waals surface area contributed by atoms with Crippen LogP contribution in [0.1, 0.15) is 21.5 Å². The van der Waals surface area contributed by atoms with E-state index >= 15 is 0 Å². The van der Waals surface area contributed by atoms with Gasteiger partial charge in [-0.1, -0.05) is 30.3 Å². The highest BCUT2D eigenvalue weighted by Crippen LogP contribution is 2.33. The molecule has 0 atom stereocenters. The van der Waals surface area contributed by atoms with Crippen LogP contribution in [0.3, 0.4) is 0 Å². The number of ether oxygens (including phenoxy) is 1. The van der Waals surface area contributed by atoms with Gasteiger partial charge in [0.25, 0.3) is 0 Å². The monoisotopic (exact) mass is 349 g/mol. The van der Waals surface area contributed by atoms with Crippen molar-refractivity contribution >= 4 is 5.78 Å². The molecular weight excluding hydrogens is 331 g/mol. The molecule has 0 saturated carbocycles. The van der Waals surface area contributed by atoms with Gasteiger partial charge in [-0.25, -0.2) is 0 Å². The van der Waals surface area contributed by atoms with E-state index in [0.29, 0.717) is 0 Å². The number of hydrogen-bond acceptors (Lipinski definition) is 3. The van der Waals surface area contributed by atoms with Crippen molar-refractivity contribution in [2.75, 3.05) is 14.1 Å². The minimum absolute atomic E-state index is 0.116. The molecule has 2 rings (SSSR count). The summed E-state index contributed by atoms with van der Waals surface area (Å²) in [6, 6.07) is 12.1. The smallest absolute Gasteiger partial charge is 0.416 e. The SMILES string of the molecule is CN(C)/C=C/C(=O)c1cc(C(F)(F)F)ccc1OCc1ccccc1. The standard InChI is InChI=1S/C19H18F3NO2/c1-23(2)11-10-17(24)16-12-15(19(20,21)22)8-9-18(16)25-13-14-6-4-3-5-7-14/h3-12H,13H2,1-2H3/b11-10+. The molecule has 2 aromatic carbocycles. The van der Waals surface area contributed by atoms with Crippen molar-refractivity contribution in [3.8, 4) is 5.75 Å². The average molecular weight is 349 g/mol. The summed E-state index contributed by atoms with van der Waals surface area (Å²) in [6.45, 7) is 0.157. The van der Waals surface area contributed by atoms with Crippen molar-refractivity contribution in [2.24, 2.45) is 0 Å². The first-order valence-electron chi connectivity index (χ1n) is 7.54. The highest BCUT2D eigenvalue weighted by atomic mass is 19.4. The average Bonchev–Trinajstić information content (AvgIpc) is 2.57. The zero-order valence-corrected chi connectivity index (χ0v) is 13.9. The van der Waals surface area contributed by atoms with Gasteiger partial charge in [0.05, 0.1) is 11.1 Å². The summed E-state index contributed by atoms with van der Waals surface area (Å²) >= 11 is 0. The van der Waals surface area contributed by atoms with Gasteiger partial charge in [-0.05, 0) is 23.8 Å². The van der Waals surface area contributed by atoms with E-state index in [4.69, 9.17) is 4.74 Å². The highest BCUT2D eigenvalue weighted by molar-refractivity contribution is 6.06. The molecule has 0 N–H and O–H groups in total. The summed E-state index contributed by atoms with van der Waals surface area (Å²) in [4.78, 5) is 13.9. The van der Waals surface area contributed by atoms with Crippen LogP contribution in [-0.2, 0) is 12.8 Å². The number of carbonyl (C=O) groups excluding carboxylic acids is 1. The van der Waals surface area contributed by atoms with Crippen LogP contribution in [0.4, 0.5) is 13.2 Å². The van der Waals surface area contributed by atoms with Gasteiger partial charge in [-0.2, -0.15) is 13.2 Å². The van der Waals surface area contributed by atoms with Crippen LogP contribution >= 0.6 is 0 Å². The second-order valence-electron chi connectivity index (χ2n) is 5.63. The Kier molecular flexibility index (Phi) is 5.85. The number of benzene rings is 2. The lowest BCUT2D eigenvalue weighted by Gasteiger charge is -2.13. The third kappa shape index (κ3) is 5.38. The molecule has 0 saturated heterocycles. The summed E-state index contributed by atoms with van der Waals surface area (Å²) in [5.41, 5.74) is -0.158. The molecule has 0 aliphatic carbocycles. The normalized spacial score (nSPS) is 11.6. The van der Waals surface area contributed by atoms with Crippen LogP contribution in [0, 0.1) is 0 Å². The number of hydrogen-bond donors (Lipinski definition) is 0. The van der Waals surface area contributed by atoms with Crippen molar-refractivity contribution in [2.45, 2.75) is 12.8 Å². The highest BCUT2D eigenvalue weighted by Gasteiger charge is 2.31. The van der Waals surface area contributed by atoms with Gasteiger partial charge in [0.2, 0.25) is 0 Å². The molecule has 0 bridgehead atoms. The first kappa shape index (κ1) is 18.6. The molecule has 0 radical (unpaired) electrons. The maximum atomic E-state index is 12.9. The zero-order chi connectivity index (χ0) is 18.4. The quantitative estimate of drug-likeness (QED) is 0.566. The molecule has 0 aromatic heterocycles. The Morgan fingerprint density at radius 3 is 2.40 bits per heavy atom. The summed E-state index contributed by atoms with van der Waals surface area (Å²) in [5.74, 6) is -0.437. The molecule has 0 fully saturated rings. The maximum absolute atomic E-state index is 12.9. The van der Waals surface area contributed by atoms with Crippen molar-refractivity contribution in [3.63, 3.8) is 0 Å². The van der Waals surface area contributed by atoms with E-state index in [1.807, 2.05) is 30.3 Å². The Hall–Kier alpha value is -2.76. The van der Waals surface area contributed by atoms with Gasteiger partial charge in [-0.3, -0.25) is 4.79 Å². The lowest BCUT2D eigenvalue weighted by Crippen LogP contribution is -2.10. The molecule has 0 unspecified atom stereocenters. The first-order chi connectivity index (χ1) is 11.8. The van der Waals surface area contributed by atoms with Gasteiger partial charge in [0.1, 0.15) is 12.4 Å². The first-order valence-corrected chi connectivity index (χ1v) is 7.54. The van der Waals surface area contributed by atoms with Gasteiger partial charge >= 0.3 is 6.18 Å². The predicted molar refractivity (Wildman–Crippen MR) is 89.4 cm³/mol. The fraction of sp³-hybridized carbons (Fsp3) is 0.211. The second kappa shape index (κ2) is 7.88. The van der Waals surface area contributed by atoms with Gasteiger partial charge in [0.15, 0.2) is 5.78 Å². The van der Waals surface area contributed by atoms with E-state index in [9.17, 15) is 18.0 Å². The van der Waals surface area contributed by atoms with Gasteiger partial charge in [0, 0.05) is 26.4 Å². The van der Waals surface area contributed by atoms with Crippen molar-refractivity contribution in [1.82, 2.24) is 4.90 Å². The maximum Gasteiger partial charge on any atom is 0.416 e. The lowest BCUT2D eigenvalue weighted by atomic mass is 10.1. The Balaban J connectivity index is 2.32. The van der Waals surface area contributed by atoms with Crippen LogP contribution in [-0.4, -0.2) is 24.8 Å². The number of ketones is 1. The van der Waals surface area contributed by atoms with Crippen LogP contribution in [0.5, 0.6) is 5.75 Å². The Morgan fingerprint density at radius 2 is 1.80 bits per heavy atom. The van der Waals surface area contributed by atoms with E-state index in [-0.39, 0.29) is 17.9 Å². The predicted octanol–water partition coefficient (Wildman–Crippen LogP) is 4.54. The van der Waals surface area contributed by atoms with Crippen LogP contribution in [0.15, 0.2) is 60.8 Å². The number of allylic oxidation sites excluding steroid dienone is 1. The van der Waals surface area contributed by atoms with E-state index in [2.05, 4.69) is 0 Å². The van der Waals surface area contributed by atoms with E-state index < -0.39 is 17.5 Å². The van der Waals surface area contributed by atoms with Crippen LogP contribution < -0.4 is 4.74 Å². The number of nitrogens with zero attached hydrogens (tertiary/aromatic N) is 1. The molecule has 3 nitrogen and oxygen atoms in total. The van der Waals surface area contributed by atoms with Crippen LogP contribution in [0.2, 0.25) is 0 Å². The number of alkyl halides is 3. The zero-order valence-electron chi connectivity index (χ0n) is 13.9. The molecule has 0 aliphatic heterocycles. The molecule has 0 amide bonds. The summed E-state index contributed by atoms with van der Waals surface area (Å²) < 4.78 is 44.4. The number of rotatable bonds is 6. The Bertz CT molecular complexity index is 753. The van der Waals surface area contributed by atoms with Gasteiger partial charge < -0.3 is 9.64 Å². The Labute approximate surface area is 144 Å². The fourth-order valence-corrected chi connectivity index (χ4v) is 2.07. The molecule has 0 spiro atoms. The third-order valence-electron chi connectivity index (χ3n) is 3.33.